The van der Waals surface area contributed by atoms with Gasteiger partial charge in [-0.2, -0.15) is 0 Å². The molecule has 1 unspecified atom stereocenters. The molecule has 0 amide bonds. The molecule has 2 rings (SSSR count). The highest BCUT2D eigenvalue weighted by molar-refractivity contribution is 7.96. The molecule has 1 atom stereocenters. The summed E-state index contributed by atoms with van der Waals surface area (Å²) in [5, 5.41) is 8.80. The van der Waals surface area contributed by atoms with Crippen LogP contribution < -0.4 is 11.5 Å². The first-order chi connectivity index (χ1) is 10.1. The summed E-state index contributed by atoms with van der Waals surface area (Å²) in [6.45, 7) is 0. The normalized spacial score (nSPS) is 10.7. The fourth-order valence-corrected chi connectivity index (χ4v) is 2.86. The van der Waals surface area contributed by atoms with Crippen molar-refractivity contribution >= 4 is 45.3 Å². The third-order valence-electron chi connectivity index (χ3n) is 2.29. The van der Waals surface area contributed by atoms with Crippen molar-refractivity contribution in [1.82, 2.24) is 4.98 Å². The van der Waals surface area contributed by atoms with Crippen LogP contribution in [0.3, 0.4) is 0 Å². The van der Waals surface area contributed by atoms with Crippen molar-refractivity contribution in [2.45, 2.75) is 12.3 Å². The summed E-state index contributed by atoms with van der Waals surface area (Å²) in [6.07, 6.45) is -0.276. The second kappa shape index (κ2) is 10.3. The number of thiazole rings is 1. The summed E-state index contributed by atoms with van der Waals surface area (Å²) in [5.74, 6) is -1.80. The Labute approximate surface area is 132 Å². The first kappa shape index (κ1) is 19.5. The zero-order valence-electron chi connectivity index (χ0n) is 11.8. The number of aliphatic carboxylic acids is 1. The van der Waals surface area contributed by atoms with Gasteiger partial charge >= 0.3 is 5.97 Å². The molecule has 6 nitrogen and oxygen atoms in total. The van der Waals surface area contributed by atoms with Crippen LogP contribution in [-0.2, 0) is 9.59 Å². The number of hydrogen-bond acceptors (Lipinski definition) is 6. The number of thiol groups is 1. The van der Waals surface area contributed by atoms with E-state index in [2.05, 4.69) is 29.1 Å². The van der Waals surface area contributed by atoms with Gasteiger partial charge in [-0.1, -0.05) is 12.1 Å². The van der Waals surface area contributed by atoms with Crippen molar-refractivity contribution < 1.29 is 14.7 Å². The Kier molecular flexibility index (Phi) is 9.55. The van der Waals surface area contributed by atoms with E-state index in [-0.39, 0.29) is 6.42 Å². The van der Waals surface area contributed by atoms with E-state index in [4.69, 9.17) is 5.11 Å². The molecule has 0 saturated carbocycles. The van der Waals surface area contributed by atoms with Crippen LogP contribution in [0.4, 0.5) is 0 Å². The maximum absolute atomic E-state index is 11.3. The van der Waals surface area contributed by atoms with Crippen LogP contribution in [0.1, 0.15) is 17.3 Å². The predicted octanol–water partition coefficient (Wildman–Crippen LogP) is 1.46. The second-order valence-corrected chi connectivity index (χ2v) is 5.01. The molecule has 116 valence electrons. The van der Waals surface area contributed by atoms with Gasteiger partial charge in [-0.25, -0.2) is 4.98 Å². The molecular weight excluding hydrogens is 310 g/mol. The van der Waals surface area contributed by atoms with Gasteiger partial charge in [-0.3, -0.25) is 9.59 Å². The van der Waals surface area contributed by atoms with E-state index < -0.39 is 17.0 Å². The number of carboxylic acid groups (broad SMARTS) is 1. The minimum atomic E-state index is -1.03. The van der Waals surface area contributed by atoms with Gasteiger partial charge < -0.3 is 16.6 Å². The summed E-state index contributed by atoms with van der Waals surface area (Å²) in [4.78, 5) is 26.3. The molecule has 0 saturated heterocycles. The van der Waals surface area contributed by atoms with Crippen LogP contribution >= 0.6 is 24.0 Å². The van der Waals surface area contributed by atoms with Gasteiger partial charge in [0.1, 0.15) is 5.01 Å². The number of rotatable bonds is 4. The van der Waals surface area contributed by atoms with E-state index in [1.165, 1.54) is 25.4 Å². The van der Waals surface area contributed by atoms with Crippen LogP contribution in [0.2, 0.25) is 0 Å². The molecule has 1 aromatic heterocycles. The number of nitrogens with two attached hydrogens (primary N) is 2. The number of carbonyl (C=O) groups excluding carboxylic acids is 1. The lowest BCUT2D eigenvalue weighted by Crippen LogP contribution is -2.11. The molecule has 8 heteroatoms. The highest BCUT2D eigenvalue weighted by Crippen LogP contribution is 2.30. The lowest BCUT2D eigenvalue weighted by molar-refractivity contribution is -0.138. The molecule has 1 aromatic carbocycles. The Bertz CT molecular complexity index is 554. The first-order valence-electron chi connectivity index (χ1n) is 6.03. The minimum absolute atomic E-state index is 0.276. The molecule has 0 radical (unpaired) electrons. The van der Waals surface area contributed by atoms with Crippen molar-refractivity contribution in [3.63, 3.8) is 0 Å². The summed E-state index contributed by atoms with van der Waals surface area (Å²) >= 11 is 5.06. The number of nitrogens with zero attached hydrogens (tertiary/aromatic N) is 1. The van der Waals surface area contributed by atoms with Gasteiger partial charge in [0.15, 0.2) is 5.12 Å². The van der Waals surface area contributed by atoms with Gasteiger partial charge in [-0.05, 0) is 26.2 Å². The van der Waals surface area contributed by atoms with Crippen molar-refractivity contribution in [3.05, 3.63) is 29.3 Å². The third kappa shape index (κ3) is 5.80. The van der Waals surface area contributed by atoms with E-state index in [0.29, 0.717) is 5.01 Å². The number of carbonyl (C=O) groups is 2. The lowest BCUT2D eigenvalue weighted by Gasteiger charge is -2.05. The number of fused-ring (bicyclic) bond motifs is 1. The van der Waals surface area contributed by atoms with Crippen LogP contribution in [0.15, 0.2) is 24.3 Å². The van der Waals surface area contributed by atoms with Crippen molar-refractivity contribution in [2.75, 3.05) is 14.1 Å². The van der Waals surface area contributed by atoms with Crippen LogP contribution in [0.25, 0.3) is 10.2 Å². The van der Waals surface area contributed by atoms with E-state index >= 15 is 0 Å². The van der Waals surface area contributed by atoms with Gasteiger partial charge in [0.25, 0.3) is 0 Å². The van der Waals surface area contributed by atoms with E-state index in [0.717, 1.165) is 10.2 Å². The fourth-order valence-electron chi connectivity index (χ4n) is 1.49. The third-order valence-corrected chi connectivity index (χ3v) is 3.75. The molecule has 0 spiro atoms. The molecule has 0 aliphatic heterocycles. The molecule has 0 aliphatic carbocycles. The Morgan fingerprint density at radius 2 is 1.86 bits per heavy atom. The fraction of sp³-hybridized carbons (Fsp3) is 0.308. The van der Waals surface area contributed by atoms with Gasteiger partial charge in [-0.15, -0.1) is 24.0 Å². The number of aromatic nitrogens is 1. The van der Waals surface area contributed by atoms with Gasteiger partial charge in [0.05, 0.1) is 22.6 Å². The first-order valence-corrected chi connectivity index (χ1v) is 7.30. The maximum Gasteiger partial charge on any atom is 0.304 e. The Morgan fingerprint density at radius 1 is 1.29 bits per heavy atom. The topological polar surface area (TPSA) is 119 Å². The van der Waals surface area contributed by atoms with Gasteiger partial charge in [0.2, 0.25) is 0 Å². The number of para-hydroxylation sites is 1. The van der Waals surface area contributed by atoms with E-state index in [1.807, 2.05) is 24.3 Å². The largest absolute Gasteiger partial charge is 0.481 e. The number of hydrogen-bond donors (Lipinski definition) is 4. The Hall–Kier alpha value is -1.48. The molecule has 5 N–H and O–H groups in total. The number of benzene rings is 1. The van der Waals surface area contributed by atoms with Crippen LogP contribution in [0.5, 0.6) is 0 Å². The summed E-state index contributed by atoms with van der Waals surface area (Å²) in [5.41, 5.74) is 9.78. The van der Waals surface area contributed by atoms with Crippen LogP contribution in [-0.4, -0.2) is 35.3 Å². The van der Waals surface area contributed by atoms with Crippen LogP contribution in [0, 0.1) is 0 Å². The zero-order valence-corrected chi connectivity index (χ0v) is 13.5. The van der Waals surface area contributed by atoms with E-state index in [9.17, 15) is 9.59 Å². The molecule has 1 heterocycles. The molecule has 0 fully saturated rings. The smallest absolute Gasteiger partial charge is 0.304 e. The second-order valence-electron chi connectivity index (χ2n) is 3.51. The molecule has 0 bridgehead atoms. The molecule has 2 aromatic rings. The Balaban J connectivity index is 0.000000921. The van der Waals surface area contributed by atoms with Crippen molar-refractivity contribution in [2.24, 2.45) is 11.5 Å². The SMILES string of the molecule is CN.CN.O=C(O)CC(C(=O)S)c1nc2ccccc2s1. The predicted molar refractivity (Wildman–Crippen MR) is 88.8 cm³/mol. The highest BCUT2D eigenvalue weighted by atomic mass is 32.1. The quantitative estimate of drug-likeness (QED) is 0.631. The summed E-state index contributed by atoms with van der Waals surface area (Å²) in [7, 11) is 3.00. The average molecular weight is 329 g/mol. The van der Waals surface area contributed by atoms with Crippen molar-refractivity contribution in [1.29, 1.82) is 0 Å². The monoisotopic (exact) mass is 329 g/mol. The lowest BCUT2D eigenvalue weighted by atomic mass is 10.1. The minimum Gasteiger partial charge on any atom is -0.481 e. The van der Waals surface area contributed by atoms with E-state index in [1.54, 1.807) is 0 Å². The Morgan fingerprint density at radius 3 is 2.33 bits per heavy atom. The number of carboxylic acids is 1. The molecular formula is C13H19N3O3S2. The molecule has 21 heavy (non-hydrogen) atoms. The zero-order chi connectivity index (χ0) is 16.4. The maximum atomic E-state index is 11.3. The highest BCUT2D eigenvalue weighted by Gasteiger charge is 2.24. The van der Waals surface area contributed by atoms with Crippen molar-refractivity contribution in [3.8, 4) is 0 Å². The molecule has 0 aliphatic rings. The average Bonchev–Trinajstić information content (AvgIpc) is 2.92. The standard InChI is InChI=1S/C11H9NO3S2.2CH5N/c13-9(14)5-6(11(15)16)10-12-7-3-1-2-4-8(7)17-10;2*1-2/h1-4,6H,5H2,(H,13,14)(H,15,16);2*2H2,1H3. The summed E-state index contributed by atoms with van der Waals surface area (Å²) in [6, 6.07) is 7.44. The summed E-state index contributed by atoms with van der Waals surface area (Å²) < 4.78 is 0.937. The van der Waals surface area contributed by atoms with Gasteiger partial charge in [0, 0.05) is 0 Å².